The number of carbonyl (C=O) groups excluding carboxylic acids is 1. The Balaban J connectivity index is 1.41. The summed E-state index contributed by atoms with van der Waals surface area (Å²) < 4.78 is 11.2. The Kier molecular flexibility index (Phi) is 7.11. The summed E-state index contributed by atoms with van der Waals surface area (Å²) in [6.45, 7) is 8.98. The van der Waals surface area contributed by atoms with E-state index in [0.29, 0.717) is 16.9 Å². The number of piperazine rings is 1. The molecule has 1 fully saturated rings. The number of hydrogen-bond acceptors (Lipinski definition) is 7. The normalized spacial score (nSPS) is 15.1. The third kappa shape index (κ3) is 5.97. The average molecular weight is 391 g/mol. The lowest BCUT2D eigenvalue weighted by Gasteiger charge is -2.34. The number of rotatable bonds is 8. The van der Waals surface area contributed by atoms with Gasteiger partial charge in [-0.1, -0.05) is 30.8 Å². The van der Waals surface area contributed by atoms with Crippen molar-refractivity contribution in [1.29, 1.82) is 0 Å². The molecule has 0 radical (unpaired) electrons. The van der Waals surface area contributed by atoms with Crippen LogP contribution >= 0.6 is 11.8 Å². The van der Waals surface area contributed by atoms with Gasteiger partial charge in [0.15, 0.2) is 6.61 Å². The second-order valence-corrected chi connectivity index (χ2v) is 7.50. The van der Waals surface area contributed by atoms with Gasteiger partial charge in [0, 0.05) is 26.2 Å². The molecule has 27 heavy (non-hydrogen) atoms. The molecule has 0 aliphatic carbocycles. The molecule has 0 bridgehead atoms. The van der Waals surface area contributed by atoms with Crippen molar-refractivity contribution >= 4 is 17.7 Å². The van der Waals surface area contributed by atoms with Gasteiger partial charge in [0.1, 0.15) is 5.75 Å². The maximum Gasteiger partial charge on any atom is 0.277 e. The third-order valence-corrected chi connectivity index (χ3v) is 5.19. The lowest BCUT2D eigenvalue weighted by Crippen LogP contribution is -2.49. The largest absolute Gasteiger partial charge is 0.484 e. The summed E-state index contributed by atoms with van der Waals surface area (Å²) in [4.78, 5) is 16.7. The molecule has 146 valence electrons. The van der Waals surface area contributed by atoms with E-state index in [0.717, 1.165) is 50.5 Å². The fourth-order valence-electron chi connectivity index (χ4n) is 2.96. The Hall–Kier alpha value is -2.06. The van der Waals surface area contributed by atoms with Crippen LogP contribution in [-0.4, -0.2) is 64.4 Å². The quantitative estimate of drug-likeness (QED) is 0.642. The fourth-order valence-corrected chi connectivity index (χ4v) is 3.64. The van der Waals surface area contributed by atoms with Crippen molar-refractivity contribution in [2.75, 3.05) is 38.5 Å². The molecule has 1 saturated heterocycles. The molecule has 2 aromatic rings. The molecule has 0 saturated carbocycles. The van der Waals surface area contributed by atoms with Gasteiger partial charge in [-0.3, -0.25) is 9.69 Å². The SMILES string of the molecule is CCCN1CCN(C(=O)CSc2nnc(COc3cccc(C)c3)o2)CC1. The Morgan fingerprint density at radius 3 is 2.81 bits per heavy atom. The zero-order valence-corrected chi connectivity index (χ0v) is 16.7. The first-order valence-electron chi connectivity index (χ1n) is 9.29. The molecule has 1 amide bonds. The van der Waals surface area contributed by atoms with Gasteiger partial charge in [0.2, 0.25) is 5.91 Å². The minimum absolute atomic E-state index is 0.118. The van der Waals surface area contributed by atoms with Crippen LogP contribution in [0.15, 0.2) is 33.9 Å². The molecule has 2 heterocycles. The molecule has 8 heteroatoms. The first-order chi connectivity index (χ1) is 13.1. The Morgan fingerprint density at radius 1 is 1.26 bits per heavy atom. The minimum atomic E-state index is 0.118. The van der Waals surface area contributed by atoms with Crippen LogP contribution in [-0.2, 0) is 11.4 Å². The van der Waals surface area contributed by atoms with Gasteiger partial charge in [-0.15, -0.1) is 10.2 Å². The lowest BCUT2D eigenvalue weighted by atomic mass is 10.2. The molecule has 0 atom stereocenters. The molecular formula is C19H26N4O3S. The lowest BCUT2D eigenvalue weighted by molar-refractivity contribution is -0.130. The summed E-state index contributed by atoms with van der Waals surface area (Å²) in [6.07, 6.45) is 1.15. The number of thioether (sulfide) groups is 1. The monoisotopic (exact) mass is 390 g/mol. The molecule has 1 aromatic heterocycles. The van der Waals surface area contributed by atoms with Gasteiger partial charge in [-0.2, -0.15) is 0 Å². The number of aromatic nitrogens is 2. The van der Waals surface area contributed by atoms with Crippen molar-refractivity contribution in [3.05, 3.63) is 35.7 Å². The number of nitrogens with zero attached hydrogens (tertiary/aromatic N) is 4. The number of benzene rings is 1. The average Bonchev–Trinajstić information content (AvgIpc) is 3.13. The standard InChI is InChI=1S/C19H26N4O3S/c1-3-7-22-8-10-23(11-9-22)18(24)14-27-19-21-20-17(26-19)13-25-16-6-4-5-15(2)12-16/h4-6,12H,3,7-11,13-14H2,1-2H3. The maximum atomic E-state index is 12.4. The maximum absolute atomic E-state index is 12.4. The summed E-state index contributed by atoms with van der Waals surface area (Å²) >= 11 is 1.28. The third-order valence-electron chi connectivity index (χ3n) is 4.38. The smallest absolute Gasteiger partial charge is 0.277 e. The Bertz CT molecular complexity index is 744. The van der Waals surface area contributed by atoms with E-state index in [1.54, 1.807) is 0 Å². The number of aryl methyl sites for hydroxylation is 1. The summed E-state index contributed by atoms with van der Waals surface area (Å²) in [6, 6.07) is 7.78. The highest BCUT2D eigenvalue weighted by Crippen LogP contribution is 2.19. The van der Waals surface area contributed by atoms with E-state index in [4.69, 9.17) is 9.15 Å². The molecule has 7 nitrogen and oxygen atoms in total. The highest BCUT2D eigenvalue weighted by molar-refractivity contribution is 7.99. The van der Waals surface area contributed by atoms with E-state index >= 15 is 0 Å². The van der Waals surface area contributed by atoms with Crippen molar-refractivity contribution in [3.63, 3.8) is 0 Å². The molecule has 0 unspecified atom stereocenters. The van der Waals surface area contributed by atoms with Gasteiger partial charge in [0.25, 0.3) is 11.1 Å². The van der Waals surface area contributed by atoms with E-state index < -0.39 is 0 Å². The van der Waals surface area contributed by atoms with Crippen LogP contribution in [0.25, 0.3) is 0 Å². The second-order valence-electron chi connectivity index (χ2n) is 6.58. The predicted octanol–water partition coefficient (Wildman–Crippen LogP) is 2.60. The zero-order valence-electron chi connectivity index (χ0n) is 15.9. The second kappa shape index (κ2) is 9.75. The van der Waals surface area contributed by atoms with Gasteiger partial charge in [-0.05, 0) is 37.6 Å². The van der Waals surface area contributed by atoms with E-state index in [1.807, 2.05) is 36.1 Å². The van der Waals surface area contributed by atoms with Gasteiger partial charge in [0.05, 0.1) is 5.75 Å². The highest BCUT2D eigenvalue weighted by Gasteiger charge is 2.21. The number of ether oxygens (including phenoxy) is 1. The van der Waals surface area contributed by atoms with Crippen molar-refractivity contribution < 1.29 is 13.9 Å². The summed E-state index contributed by atoms with van der Waals surface area (Å²) in [7, 11) is 0. The molecule has 0 spiro atoms. The number of amides is 1. The van der Waals surface area contributed by atoms with Gasteiger partial charge in [-0.25, -0.2) is 0 Å². The molecular weight excluding hydrogens is 364 g/mol. The van der Waals surface area contributed by atoms with Gasteiger partial charge < -0.3 is 14.1 Å². The zero-order chi connectivity index (χ0) is 19.1. The summed E-state index contributed by atoms with van der Waals surface area (Å²) in [5.74, 6) is 1.60. The fraction of sp³-hybridized carbons (Fsp3) is 0.526. The highest BCUT2D eigenvalue weighted by atomic mass is 32.2. The minimum Gasteiger partial charge on any atom is -0.484 e. The van der Waals surface area contributed by atoms with E-state index in [1.165, 1.54) is 11.8 Å². The number of hydrogen-bond donors (Lipinski definition) is 0. The first kappa shape index (κ1) is 19.7. The van der Waals surface area contributed by atoms with Crippen molar-refractivity contribution in [2.24, 2.45) is 0 Å². The first-order valence-corrected chi connectivity index (χ1v) is 10.3. The van der Waals surface area contributed by atoms with Crippen LogP contribution in [0.2, 0.25) is 0 Å². The van der Waals surface area contributed by atoms with Crippen LogP contribution in [0.1, 0.15) is 24.8 Å². The molecule has 3 rings (SSSR count). The van der Waals surface area contributed by atoms with E-state index in [-0.39, 0.29) is 12.5 Å². The predicted molar refractivity (Wildman–Crippen MR) is 104 cm³/mol. The van der Waals surface area contributed by atoms with Crippen molar-refractivity contribution in [2.45, 2.75) is 32.1 Å². The Morgan fingerprint density at radius 2 is 2.07 bits per heavy atom. The van der Waals surface area contributed by atoms with Crippen LogP contribution in [0.4, 0.5) is 0 Å². The van der Waals surface area contributed by atoms with E-state index in [2.05, 4.69) is 22.0 Å². The molecule has 1 aromatic carbocycles. The molecule has 0 N–H and O–H groups in total. The Labute approximate surface area is 164 Å². The van der Waals surface area contributed by atoms with Crippen molar-refractivity contribution in [1.82, 2.24) is 20.0 Å². The van der Waals surface area contributed by atoms with E-state index in [9.17, 15) is 4.79 Å². The van der Waals surface area contributed by atoms with Crippen LogP contribution in [0.3, 0.4) is 0 Å². The van der Waals surface area contributed by atoms with Crippen LogP contribution in [0.5, 0.6) is 5.75 Å². The van der Waals surface area contributed by atoms with Gasteiger partial charge >= 0.3 is 0 Å². The summed E-state index contributed by atoms with van der Waals surface area (Å²) in [5, 5.41) is 8.37. The molecule has 1 aliphatic rings. The van der Waals surface area contributed by atoms with Crippen molar-refractivity contribution in [3.8, 4) is 5.75 Å². The summed E-state index contributed by atoms with van der Waals surface area (Å²) in [5.41, 5.74) is 1.13. The topological polar surface area (TPSA) is 71.7 Å². The molecule has 1 aliphatic heterocycles. The van der Waals surface area contributed by atoms with Crippen LogP contribution < -0.4 is 4.74 Å². The van der Waals surface area contributed by atoms with Crippen LogP contribution in [0, 0.1) is 6.92 Å². The number of carbonyl (C=O) groups is 1.